The van der Waals surface area contributed by atoms with Crippen LogP contribution in [0.1, 0.15) is 12.8 Å². The number of hydrogen-bond donors (Lipinski definition) is 2. The van der Waals surface area contributed by atoms with E-state index in [2.05, 4.69) is 15.4 Å². The molecular formula is C14H19Cl2N5O2. The van der Waals surface area contributed by atoms with Crippen LogP contribution in [-0.4, -0.2) is 39.4 Å². The van der Waals surface area contributed by atoms with Crippen molar-refractivity contribution in [1.82, 2.24) is 14.8 Å². The Morgan fingerprint density at radius 1 is 1.30 bits per heavy atom. The molecule has 3 heterocycles. The van der Waals surface area contributed by atoms with E-state index in [1.54, 1.807) is 35.4 Å². The molecule has 0 saturated carbocycles. The van der Waals surface area contributed by atoms with Crippen LogP contribution < -0.4 is 11.1 Å². The first-order valence-electron chi connectivity index (χ1n) is 6.82. The largest absolute Gasteiger partial charge is 0.381 e. The third-order valence-corrected chi connectivity index (χ3v) is 3.58. The molecule has 1 aliphatic heterocycles. The minimum absolute atomic E-state index is 0. The lowest BCUT2D eigenvalue weighted by Crippen LogP contribution is -2.54. The first-order valence-corrected chi connectivity index (χ1v) is 6.82. The molecule has 1 aliphatic rings. The number of pyridine rings is 1. The van der Waals surface area contributed by atoms with Crippen LogP contribution in [0.4, 0.5) is 5.69 Å². The van der Waals surface area contributed by atoms with Crippen LogP contribution in [0.2, 0.25) is 0 Å². The van der Waals surface area contributed by atoms with Crippen LogP contribution in [0.5, 0.6) is 0 Å². The molecular weight excluding hydrogens is 341 g/mol. The minimum Gasteiger partial charge on any atom is -0.381 e. The second kappa shape index (κ2) is 8.26. The summed E-state index contributed by atoms with van der Waals surface area (Å²) in [6.45, 7) is 1.03. The van der Waals surface area contributed by atoms with Gasteiger partial charge < -0.3 is 15.8 Å². The highest BCUT2D eigenvalue weighted by Gasteiger charge is 2.35. The van der Waals surface area contributed by atoms with Gasteiger partial charge in [0.1, 0.15) is 5.54 Å². The van der Waals surface area contributed by atoms with Crippen LogP contribution in [0.3, 0.4) is 0 Å². The van der Waals surface area contributed by atoms with Crippen molar-refractivity contribution in [2.45, 2.75) is 18.4 Å². The molecule has 126 valence electrons. The van der Waals surface area contributed by atoms with Gasteiger partial charge in [-0.3, -0.25) is 4.79 Å². The number of hydrogen-bond acceptors (Lipinski definition) is 5. The topological polar surface area (TPSA) is 95.1 Å². The average Bonchev–Trinajstić information content (AvgIpc) is 3.03. The van der Waals surface area contributed by atoms with E-state index in [0.717, 1.165) is 0 Å². The standard InChI is InChI=1S/C14H17N5O2.2ClH/c15-14(4-8-21-9-5-14)13(20)18-11-2-3-12(16-10-11)19-7-1-6-17-19;;/h1-3,6-7,10H,4-5,8-9,15H2,(H,18,20);2*1H. The maximum absolute atomic E-state index is 12.3. The van der Waals surface area contributed by atoms with Gasteiger partial charge >= 0.3 is 0 Å². The molecule has 0 aromatic carbocycles. The van der Waals surface area contributed by atoms with Gasteiger partial charge in [-0.15, -0.1) is 24.8 Å². The Balaban J connectivity index is 0.00000132. The maximum Gasteiger partial charge on any atom is 0.244 e. The van der Waals surface area contributed by atoms with E-state index in [1.807, 2.05) is 6.07 Å². The first kappa shape index (κ1) is 19.4. The fourth-order valence-electron chi connectivity index (χ4n) is 2.22. The number of nitrogens with one attached hydrogen (secondary N) is 1. The SMILES string of the molecule is Cl.Cl.NC1(C(=O)Nc2ccc(-n3cccn3)nc2)CCOCC1. The van der Waals surface area contributed by atoms with E-state index < -0.39 is 5.54 Å². The average molecular weight is 360 g/mol. The van der Waals surface area contributed by atoms with E-state index in [-0.39, 0.29) is 30.7 Å². The van der Waals surface area contributed by atoms with Crippen molar-refractivity contribution in [2.75, 3.05) is 18.5 Å². The molecule has 0 radical (unpaired) electrons. The zero-order chi connectivity index (χ0) is 14.7. The molecule has 1 saturated heterocycles. The van der Waals surface area contributed by atoms with Gasteiger partial charge in [-0.25, -0.2) is 9.67 Å². The summed E-state index contributed by atoms with van der Waals surface area (Å²) in [5, 5.41) is 6.91. The zero-order valence-corrected chi connectivity index (χ0v) is 14.0. The van der Waals surface area contributed by atoms with Crippen LogP contribution in [0.15, 0.2) is 36.8 Å². The number of amides is 1. The first-order chi connectivity index (χ1) is 10.2. The Morgan fingerprint density at radius 3 is 2.61 bits per heavy atom. The molecule has 1 fully saturated rings. The summed E-state index contributed by atoms with van der Waals surface area (Å²) < 4.78 is 6.89. The number of aromatic nitrogens is 3. The Labute approximate surface area is 146 Å². The molecule has 1 amide bonds. The molecule has 3 N–H and O–H groups in total. The lowest BCUT2D eigenvalue weighted by atomic mass is 9.90. The van der Waals surface area contributed by atoms with E-state index in [1.165, 1.54) is 0 Å². The lowest BCUT2D eigenvalue weighted by Gasteiger charge is -2.31. The number of nitrogens with zero attached hydrogens (tertiary/aromatic N) is 3. The lowest BCUT2D eigenvalue weighted by molar-refractivity contribution is -0.124. The van der Waals surface area contributed by atoms with Gasteiger partial charge in [0.05, 0.1) is 11.9 Å². The second-order valence-electron chi connectivity index (χ2n) is 5.08. The third kappa shape index (κ3) is 4.42. The van der Waals surface area contributed by atoms with Crippen molar-refractivity contribution in [3.8, 4) is 5.82 Å². The molecule has 0 aliphatic carbocycles. The smallest absolute Gasteiger partial charge is 0.244 e. The summed E-state index contributed by atoms with van der Waals surface area (Å²) in [6.07, 6.45) is 6.13. The van der Waals surface area contributed by atoms with Gasteiger partial charge in [0.15, 0.2) is 5.82 Å². The van der Waals surface area contributed by atoms with Gasteiger partial charge in [0.2, 0.25) is 5.91 Å². The molecule has 0 spiro atoms. The Bertz CT molecular complexity index is 613. The molecule has 0 atom stereocenters. The number of rotatable bonds is 3. The quantitative estimate of drug-likeness (QED) is 0.866. The molecule has 3 rings (SSSR count). The van der Waals surface area contributed by atoms with Crippen molar-refractivity contribution in [3.05, 3.63) is 36.8 Å². The van der Waals surface area contributed by atoms with E-state index >= 15 is 0 Å². The van der Waals surface area contributed by atoms with Crippen LogP contribution in [-0.2, 0) is 9.53 Å². The van der Waals surface area contributed by atoms with Gasteiger partial charge in [-0.1, -0.05) is 0 Å². The van der Waals surface area contributed by atoms with Crippen molar-refractivity contribution < 1.29 is 9.53 Å². The van der Waals surface area contributed by atoms with E-state index in [9.17, 15) is 4.79 Å². The highest BCUT2D eigenvalue weighted by atomic mass is 35.5. The fraction of sp³-hybridized carbons (Fsp3) is 0.357. The molecule has 0 unspecified atom stereocenters. The van der Waals surface area contributed by atoms with E-state index in [0.29, 0.717) is 37.6 Å². The van der Waals surface area contributed by atoms with Crippen LogP contribution in [0.25, 0.3) is 5.82 Å². The molecule has 0 bridgehead atoms. The monoisotopic (exact) mass is 359 g/mol. The summed E-state index contributed by atoms with van der Waals surface area (Å²) in [4.78, 5) is 16.5. The molecule has 7 nitrogen and oxygen atoms in total. The van der Waals surface area contributed by atoms with Crippen molar-refractivity contribution in [1.29, 1.82) is 0 Å². The molecule has 23 heavy (non-hydrogen) atoms. The molecule has 9 heteroatoms. The Morgan fingerprint density at radius 2 is 2.04 bits per heavy atom. The summed E-state index contributed by atoms with van der Waals surface area (Å²) in [7, 11) is 0. The minimum atomic E-state index is -0.862. The number of ether oxygens (including phenoxy) is 1. The van der Waals surface area contributed by atoms with Crippen LogP contribution >= 0.6 is 24.8 Å². The Hall–Kier alpha value is -1.67. The second-order valence-corrected chi connectivity index (χ2v) is 5.08. The van der Waals surface area contributed by atoms with E-state index in [4.69, 9.17) is 10.5 Å². The summed E-state index contributed by atoms with van der Waals surface area (Å²) in [5.41, 5.74) is 5.89. The normalized spacial score (nSPS) is 15.9. The number of nitrogens with two attached hydrogens (primary N) is 1. The highest BCUT2D eigenvalue weighted by Crippen LogP contribution is 2.20. The van der Waals surface area contributed by atoms with Crippen molar-refractivity contribution in [3.63, 3.8) is 0 Å². The third-order valence-electron chi connectivity index (χ3n) is 3.58. The fourth-order valence-corrected chi connectivity index (χ4v) is 2.22. The zero-order valence-electron chi connectivity index (χ0n) is 12.3. The maximum atomic E-state index is 12.3. The highest BCUT2D eigenvalue weighted by molar-refractivity contribution is 5.97. The van der Waals surface area contributed by atoms with Gasteiger partial charge in [0, 0.05) is 25.6 Å². The number of carbonyl (C=O) groups excluding carboxylic acids is 1. The van der Waals surface area contributed by atoms with Gasteiger partial charge in [0.25, 0.3) is 0 Å². The number of anilines is 1. The predicted octanol–water partition coefficient (Wildman–Crippen LogP) is 1.56. The van der Waals surface area contributed by atoms with Crippen LogP contribution in [0, 0.1) is 0 Å². The number of halogens is 2. The summed E-state index contributed by atoms with van der Waals surface area (Å²) in [5.74, 6) is 0.492. The van der Waals surface area contributed by atoms with Gasteiger partial charge in [-0.05, 0) is 31.0 Å². The Kier molecular flexibility index (Phi) is 6.96. The van der Waals surface area contributed by atoms with Crippen molar-refractivity contribution >= 4 is 36.4 Å². The molecule has 2 aromatic heterocycles. The summed E-state index contributed by atoms with van der Waals surface area (Å²) in [6, 6.07) is 5.39. The van der Waals surface area contributed by atoms with Gasteiger partial charge in [-0.2, -0.15) is 5.10 Å². The number of carbonyl (C=O) groups is 1. The predicted molar refractivity (Wildman–Crippen MR) is 91.5 cm³/mol. The van der Waals surface area contributed by atoms with Crippen molar-refractivity contribution in [2.24, 2.45) is 5.73 Å². The summed E-state index contributed by atoms with van der Waals surface area (Å²) >= 11 is 0. The molecule has 2 aromatic rings.